The van der Waals surface area contributed by atoms with Crippen LogP contribution in [0.5, 0.6) is 0 Å². The summed E-state index contributed by atoms with van der Waals surface area (Å²) in [5.74, 6) is -1.70. The third-order valence-electron chi connectivity index (χ3n) is 2.00. The van der Waals surface area contributed by atoms with Crippen molar-refractivity contribution in [1.82, 2.24) is 5.32 Å². The van der Waals surface area contributed by atoms with Crippen LogP contribution in [0.15, 0.2) is 0 Å². The Morgan fingerprint density at radius 1 is 1.53 bits per heavy atom. The van der Waals surface area contributed by atoms with E-state index in [0.29, 0.717) is 13.0 Å². The Balaban J connectivity index is 4.15. The maximum Gasteiger partial charge on any atom is 0.328 e. The number of aliphatic carboxylic acids is 1. The van der Waals surface area contributed by atoms with E-state index in [4.69, 9.17) is 10.8 Å². The number of nitrogens with two attached hydrogens (primary N) is 1. The topological polar surface area (TPSA) is 102 Å². The highest BCUT2D eigenvalue weighted by atomic mass is 16.5. The van der Waals surface area contributed by atoms with E-state index in [2.05, 4.69) is 10.1 Å². The zero-order valence-corrected chi connectivity index (χ0v) is 9.03. The molecule has 0 spiro atoms. The van der Waals surface area contributed by atoms with E-state index < -0.39 is 12.0 Å². The zero-order valence-electron chi connectivity index (χ0n) is 9.03. The number of amides is 1. The SMILES string of the molecule is COCC(NC(=O)C(C)CCN)C(=O)O. The molecule has 0 radical (unpaired) electrons. The molecule has 0 saturated carbocycles. The Morgan fingerprint density at radius 2 is 2.13 bits per heavy atom. The summed E-state index contributed by atoms with van der Waals surface area (Å²) >= 11 is 0. The van der Waals surface area contributed by atoms with Gasteiger partial charge in [-0.1, -0.05) is 6.92 Å². The van der Waals surface area contributed by atoms with Crippen LogP contribution in [0.3, 0.4) is 0 Å². The molecule has 0 aromatic rings. The van der Waals surface area contributed by atoms with Crippen molar-refractivity contribution in [1.29, 1.82) is 0 Å². The van der Waals surface area contributed by atoms with Crippen LogP contribution in [0.25, 0.3) is 0 Å². The van der Waals surface area contributed by atoms with Gasteiger partial charge in [0.2, 0.25) is 5.91 Å². The molecule has 2 unspecified atom stereocenters. The van der Waals surface area contributed by atoms with Gasteiger partial charge >= 0.3 is 5.97 Å². The molecule has 0 aliphatic heterocycles. The molecule has 0 aromatic carbocycles. The monoisotopic (exact) mass is 218 g/mol. The van der Waals surface area contributed by atoms with Crippen LogP contribution in [-0.4, -0.2) is 43.3 Å². The first kappa shape index (κ1) is 13.9. The van der Waals surface area contributed by atoms with Gasteiger partial charge in [-0.05, 0) is 13.0 Å². The van der Waals surface area contributed by atoms with Crippen molar-refractivity contribution in [2.45, 2.75) is 19.4 Å². The number of nitrogens with one attached hydrogen (secondary N) is 1. The predicted octanol–water partition coefficient (Wildman–Crippen LogP) is -0.813. The molecule has 15 heavy (non-hydrogen) atoms. The van der Waals surface area contributed by atoms with Crippen molar-refractivity contribution in [3.05, 3.63) is 0 Å². The van der Waals surface area contributed by atoms with E-state index >= 15 is 0 Å². The molecule has 0 aliphatic carbocycles. The van der Waals surface area contributed by atoms with E-state index in [1.165, 1.54) is 7.11 Å². The van der Waals surface area contributed by atoms with Gasteiger partial charge in [0, 0.05) is 13.0 Å². The second kappa shape index (κ2) is 7.19. The van der Waals surface area contributed by atoms with Crippen molar-refractivity contribution < 1.29 is 19.4 Å². The fourth-order valence-electron chi connectivity index (χ4n) is 1.04. The quantitative estimate of drug-likeness (QED) is 0.518. The molecule has 0 fully saturated rings. The summed E-state index contributed by atoms with van der Waals surface area (Å²) in [5.41, 5.74) is 5.30. The van der Waals surface area contributed by atoms with Gasteiger partial charge < -0.3 is 20.9 Å². The Labute approximate surface area is 88.8 Å². The highest BCUT2D eigenvalue weighted by molar-refractivity contribution is 5.84. The maximum absolute atomic E-state index is 11.4. The lowest BCUT2D eigenvalue weighted by Crippen LogP contribution is -2.46. The van der Waals surface area contributed by atoms with Gasteiger partial charge in [0.25, 0.3) is 0 Å². The van der Waals surface area contributed by atoms with Crippen LogP contribution in [0.2, 0.25) is 0 Å². The number of carbonyl (C=O) groups excluding carboxylic acids is 1. The second-order valence-corrected chi connectivity index (χ2v) is 3.33. The molecule has 0 aromatic heterocycles. The first-order valence-corrected chi connectivity index (χ1v) is 4.75. The molecular formula is C9H18N2O4. The van der Waals surface area contributed by atoms with Crippen molar-refractivity contribution in [2.75, 3.05) is 20.3 Å². The minimum absolute atomic E-state index is 0.0452. The lowest BCUT2D eigenvalue weighted by molar-refractivity contribution is -0.143. The Hall–Kier alpha value is -1.14. The molecule has 0 rings (SSSR count). The van der Waals surface area contributed by atoms with Crippen LogP contribution in [0.4, 0.5) is 0 Å². The van der Waals surface area contributed by atoms with E-state index in [9.17, 15) is 9.59 Å². The van der Waals surface area contributed by atoms with E-state index in [0.717, 1.165) is 0 Å². The summed E-state index contributed by atoms with van der Waals surface area (Å²) in [5, 5.41) is 11.1. The Kier molecular flexibility index (Phi) is 6.64. The largest absolute Gasteiger partial charge is 0.480 e. The first-order chi connectivity index (χ1) is 7.02. The summed E-state index contributed by atoms with van der Waals surface area (Å²) in [6, 6.07) is -0.997. The zero-order chi connectivity index (χ0) is 11.8. The van der Waals surface area contributed by atoms with Crippen molar-refractivity contribution >= 4 is 11.9 Å². The van der Waals surface area contributed by atoms with E-state index in [-0.39, 0.29) is 18.4 Å². The third kappa shape index (κ3) is 5.34. The van der Waals surface area contributed by atoms with E-state index in [1.54, 1.807) is 6.92 Å². The normalized spacial score (nSPS) is 14.3. The van der Waals surface area contributed by atoms with Gasteiger partial charge in [-0.25, -0.2) is 4.79 Å². The summed E-state index contributed by atoms with van der Waals surface area (Å²) in [7, 11) is 1.38. The Bertz CT molecular complexity index is 220. The van der Waals surface area contributed by atoms with Crippen molar-refractivity contribution in [2.24, 2.45) is 11.7 Å². The maximum atomic E-state index is 11.4. The van der Waals surface area contributed by atoms with Crippen LogP contribution >= 0.6 is 0 Å². The van der Waals surface area contributed by atoms with Gasteiger partial charge in [0.15, 0.2) is 6.04 Å². The van der Waals surface area contributed by atoms with E-state index in [1.807, 2.05) is 0 Å². The molecular weight excluding hydrogens is 200 g/mol. The third-order valence-corrected chi connectivity index (χ3v) is 2.00. The minimum atomic E-state index is -1.11. The molecule has 1 amide bonds. The van der Waals surface area contributed by atoms with Gasteiger partial charge in [-0.2, -0.15) is 0 Å². The number of carboxylic acids is 1. The summed E-state index contributed by atoms with van der Waals surface area (Å²) in [6.45, 7) is 2.06. The van der Waals surface area contributed by atoms with Crippen LogP contribution in [-0.2, 0) is 14.3 Å². The molecule has 0 heterocycles. The average molecular weight is 218 g/mol. The van der Waals surface area contributed by atoms with Gasteiger partial charge in [0.1, 0.15) is 0 Å². The second-order valence-electron chi connectivity index (χ2n) is 3.33. The standard InChI is InChI=1S/C9H18N2O4/c1-6(3-4-10)8(12)11-7(5-15-2)9(13)14/h6-7H,3-5,10H2,1-2H3,(H,11,12)(H,13,14). The number of hydrogen-bond acceptors (Lipinski definition) is 4. The summed E-state index contributed by atoms with van der Waals surface area (Å²) < 4.78 is 4.69. The highest BCUT2D eigenvalue weighted by Crippen LogP contribution is 2.00. The molecule has 6 heteroatoms. The fourth-order valence-corrected chi connectivity index (χ4v) is 1.04. The number of methoxy groups -OCH3 is 1. The average Bonchev–Trinajstić information content (AvgIpc) is 2.17. The number of hydrogen-bond donors (Lipinski definition) is 3. The molecule has 88 valence electrons. The highest BCUT2D eigenvalue weighted by Gasteiger charge is 2.22. The molecule has 6 nitrogen and oxygen atoms in total. The molecule has 0 bridgehead atoms. The number of ether oxygens (including phenoxy) is 1. The van der Waals surface area contributed by atoms with Crippen LogP contribution in [0, 0.1) is 5.92 Å². The lowest BCUT2D eigenvalue weighted by atomic mass is 10.1. The summed E-state index contributed by atoms with van der Waals surface area (Å²) in [6.07, 6.45) is 0.533. The van der Waals surface area contributed by atoms with Gasteiger partial charge in [-0.3, -0.25) is 4.79 Å². The molecule has 4 N–H and O–H groups in total. The van der Waals surface area contributed by atoms with Crippen LogP contribution in [0.1, 0.15) is 13.3 Å². The smallest absolute Gasteiger partial charge is 0.328 e. The fraction of sp³-hybridized carbons (Fsp3) is 0.778. The molecule has 0 aliphatic rings. The van der Waals surface area contributed by atoms with Crippen molar-refractivity contribution in [3.63, 3.8) is 0 Å². The van der Waals surface area contributed by atoms with Gasteiger partial charge in [0.05, 0.1) is 6.61 Å². The van der Waals surface area contributed by atoms with Gasteiger partial charge in [-0.15, -0.1) is 0 Å². The minimum Gasteiger partial charge on any atom is -0.480 e. The number of carbonyl (C=O) groups is 2. The summed E-state index contributed by atoms with van der Waals surface area (Å²) in [4.78, 5) is 22.1. The molecule has 0 saturated heterocycles. The first-order valence-electron chi connectivity index (χ1n) is 4.75. The predicted molar refractivity (Wildman–Crippen MR) is 54.3 cm³/mol. The Morgan fingerprint density at radius 3 is 2.53 bits per heavy atom. The lowest BCUT2D eigenvalue weighted by Gasteiger charge is -2.16. The molecule has 2 atom stereocenters. The van der Waals surface area contributed by atoms with Crippen LogP contribution < -0.4 is 11.1 Å². The number of carboxylic acid groups (broad SMARTS) is 1. The van der Waals surface area contributed by atoms with Crippen molar-refractivity contribution in [3.8, 4) is 0 Å². The number of rotatable bonds is 7.